The molecule has 0 amide bonds. The Kier molecular flexibility index (Phi) is 2.98. The molecule has 4 heteroatoms. The van der Waals surface area contributed by atoms with Gasteiger partial charge in [0.1, 0.15) is 0 Å². The van der Waals surface area contributed by atoms with Crippen molar-refractivity contribution in [3.8, 4) is 17.3 Å². The van der Waals surface area contributed by atoms with Gasteiger partial charge in [-0.1, -0.05) is 0 Å². The van der Waals surface area contributed by atoms with Gasteiger partial charge in [0.05, 0.1) is 0 Å². The summed E-state index contributed by atoms with van der Waals surface area (Å²) in [5, 5.41) is 11.5. The Morgan fingerprint density at radius 2 is 2.08 bits per heavy atom. The molecule has 0 bridgehead atoms. The summed E-state index contributed by atoms with van der Waals surface area (Å²) in [6.07, 6.45) is 1.35. The average Bonchev–Trinajstić information content (AvgIpc) is 3.01. The first-order valence-electron chi connectivity index (χ1n) is 9.27. The zero-order chi connectivity index (χ0) is 20.2. The molecule has 4 rings (SSSR count). The van der Waals surface area contributed by atoms with Gasteiger partial charge in [0.15, 0.2) is 0 Å². The zero-order valence-corrected chi connectivity index (χ0v) is 15.4. The zero-order valence-electron chi connectivity index (χ0n) is 16.7. The summed E-state index contributed by atoms with van der Waals surface area (Å²) in [6, 6.07) is 13.3. The molecule has 0 saturated heterocycles. The van der Waals surface area contributed by atoms with Crippen LogP contribution < -0.4 is 4.57 Å². The molecule has 2 aromatic heterocycles. The third-order valence-corrected chi connectivity index (χ3v) is 6.97. The summed E-state index contributed by atoms with van der Waals surface area (Å²) in [5.74, 6) is -0.731. The summed E-state index contributed by atoms with van der Waals surface area (Å²) in [5.41, 5.74) is 2.89. The molecule has 122 valence electrons. The van der Waals surface area contributed by atoms with Gasteiger partial charge in [0.2, 0.25) is 0 Å². The molecule has 0 aliphatic heterocycles. The van der Waals surface area contributed by atoms with Crippen LogP contribution in [0.4, 0.5) is 4.39 Å². The van der Waals surface area contributed by atoms with Crippen LogP contribution in [0.25, 0.3) is 30.6 Å². The predicted octanol–water partition coefficient (Wildman–Crippen LogP) is 4.17. The molecule has 2 heterocycles. The maximum absolute atomic E-state index is 14.7. The second-order valence-corrected chi connectivity index (χ2v) is 8.27. The molecule has 0 aliphatic carbocycles. The maximum atomic E-state index is 14.7. The average molecular weight is 397 g/mol. The number of aromatic nitrogens is 1. The standard InChI is InChI=1S/C21H16FN2Se/c1-12-7-8-15-20-14(10-23)5-4-6-18(20)25-21(15)19(12)17-9-16(22)13(2)11-24(17)3/h4-9,11H,1-3H3/q+1/i2D3. The van der Waals surface area contributed by atoms with Crippen molar-refractivity contribution in [3.63, 3.8) is 0 Å². The first-order chi connectivity index (χ1) is 13.2. The van der Waals surface area contributed by atoms with Gasteiger partial charge in [-0.05, 0) is 0 Å². The summed E-state index contributed by atoms with van der Waals surface area (Å²) >= 11 is -0.0228. The van der Waals surface area contributed by atoms with Crippen molar-refractivity contribution in [2.75, 3.05) is 0 Å². The van der Waals surface area contributed by atoms with Gasteiger partial charge in [-0.2, -0.15) is 0 Å². The molecule has 0 N–H and O–H groups in total. The number of pyridine rings is 1. The topological polar surface area (TPSA) is 27.7 Å². The Hall–Kier alpha value is -2.47. The SMILES string of the molecule is [2H]C([2H])([2H])c1c[n+](C)c(-c2c(C)ccc3c2[se]c2cccc(C#N)c23)cc1F. The molecule has 0 fully saturated rings. The van der Waals surface area contributed by atoms with Crippen LogP contribution in [0.1, 0.15) is 20.8 Å². The van der Waals surface area contributed by atoms with Crippen molar-refractivity contribution < 1.29 is 13.1 Å². The number of rotatable bonds is 1. The molecule has 0 atom stereocenters. The van der Waals surface area contributed by atoms with Gasteiger partial charge in [0, 0.05) is 0 Å². The van der Waals surface area contributed by atoms with Gasteiger partial charge in [-0.3, -0.25) is 0 Å². The molecule has 2 nitrogen and oxygen atoms in total. The van der Waals surface area contributed by atoms with Crippen molar-refractivity contribution in [3.05, 3.63) is 65.1 Å². The Labute approximate surface area is 155 Å². The second kappa shape index (κ2) is 5.81. The fourth-order valence-electron chi connectivity index (χ4n) is 3.27. The molecule has 25 heavy (non-hydrogen) atoms. The van der Waals surface area contributed by atoms with Crippen molar-refractivity contribution in [1.82, 2.24) is 0 Å². The number of nitrogens with zero attached hydrogens (tertiary/aromatic N) is 2. The van der Waals surface area contributed by atoms with E-state index in [4.69, 9.17) is 4.11 Å². The fraction of sp³-hybridized carbons (Fsp3) is 0.143. The first kappa shape index (κ1) is 12.8. The van der Waals surface area contributed by atoms with E-state index in [1.807, 2.05) is 37.3 Å². The number of aryl methyl sites for hydroxylation is 3. The number of hydrogen-bond donors (Lipinski definition) is 0. The van der Waals surface area contributed by atoms with Crippen LogP contribution >= 0.6 is 0 Å². The van der Waals surface area contributed by atoms with Crippen LogP contribution in [0, 0.1) is 30.9 Å². The van der Waals surface area contributed by atoms with Crippen LogP contribution in [0.15, 0.2) is 42.6 Å². The van der Waals surface area contributed by atoms with Crippen molar-refractivity contribution in [2.24, 2.45) is 7.05 Å². The van der Waals surface area contributed by atoms with E-state index in [1.165, 1.54) is 12.3 Å². The monoisotopic (exact) mass is 398 g/mol. The first-order valence-corrected chi connectivity index (χ1v) is 9.48. The van der Waals surface area contributed by atoms with E-state index in [1.54, 1.807) is 11.6 Å². The van der Waals surface area contributed by atoms with E-state index in [-0.39, 0.29) is 20.1 Å². The molecule has 2 aromatic carbocycles. The summed E-state index contributed by atoms with van der Waals surface area (Å²) in [4.78, 5) is 0. The third-order valence-electron chi connectivity index (χ3n) is 4.47. The minimum atomic E-state index is -2.50. The summed E-state index contributed by atoms with van der Waals surface area (Å²) in [6.45, 7) is -0.536. The van der Waals surface area contributed by atoms with E-state index in [0.29, 0.717) is 11.3 Å². The van der Waals surface area contributed by atoms with Gasteiger partial charge >= 0.3 is 155 Å². The molecular weight excluding hydrogens is 378 g/mol. The third kappa shape index (κ3) is 2.40. The number of benzene rings is 2. The van der Waals surface area contributed by atoms with Gasteiger partial charge in [0.25, 0.3) is 0 Å². The quantitative estimate of drug-likeness (QED) is 0.350. The molecule has 0 unspecified atom stereocenters. The molecule has 0 saturated carbocycles. The van der Waals surface area contributed by atoms with E-state index < -0.39 is 12.7 Å². The van der Waals surface area contributed by atoms with Crippen LogP contribution in [0.2, 0.25) is 0 Å². The van der Waals surface area contributed by atoms with Gasteiger partial charge in [-0.25, -0.2) is 0 Å². The van der Waals surface area contributed by atoms with Gasteiger partial charge < -0.3 is 0 Å². The van der Waals surface area contributed by atoms with E-state index in [9.17, 15) is 9.65 Å². The Bertz CT molecular complexity index is 1300. The number of nitriles is 1. The van der Waals surface area contributed by atoms with E-state index in [0.717, 1.165) is 30.4 Å². The molecule has 0 aliphatic rings. The van der Waals surface area contributed by atoms with Crippen LogP contribution in [0.5, 0.6) is 0 Å². The van der Waals surface area contributed by atoms with Crippen LogP contribution in [-0.2, 0) is 7.05 Å². The molecule has 0 radical (unpaired) electrons. The van der Waals surface area contributed by atoms with E-state index >= 15 is 0 Å². The normalized spacial score (nSPS) is 13.4. The predicted molar refractivity (Wildman–Crippen MR) is 99.2 cm³/mol. The van der Waals surface area contributed by atoms with Gasteiger partial charge in [-0.15, -0.1) is 0 Å². The molecule has 4 aromatic rings. The Morgan fingerprint density at radius 3 is 2.84 bits per heavy atom. The number of hydrogen-bond acceptors (Lipinski definition) is 1. The fourth-order valence-corrected chi connectivity index (χ4v) is 6.08. The van der Waals surface area contributed by atoms with Crippen molar-refractivity contribution in [1.29, 1.82) is 5.26 Å². The van der Waals surface area contributed by atoms with Crippen molar-refractivity contribution in [2.45, 2.75) is 13.8 Å². The van der Waals surface area contributed by atoms with E-state index in [2.05, 4.69) is 6.07 Å². The summed E-state index contributed by atoms with van der Waals surface area (Å²) in [7, 11) is 1.73. The minimum absolute atomic E-state index is 0.0228. The Balaban J connectivity index is 2.09. The molecular formula is C21H16FN2Se+. The Morgan fingerprint density at radius 1 is 1.24 bits per heavy atom. The number of fused-ring (bicyclic) bond motifs is 3. The number of halogens is 1. The second-order valence-electron chi connectivity index (χ2n) is 6.06. The van der Waals surface area contributed by atoms with Crippen molar-refractivity contribution >= 4 is 33.8 Å². The van der Waals surface area contributed by atoms with Crippen LogP contribution in [-0.4, -0.2) is 14.5 Å². The van der Waals surface area contributed by atoms with Crippen LogP contribution in [0.3, 0.4) is 0 Å². The summed E-state index contributed by atoms with van der Waals surface area (Å²) < 4.78 is 41.2. The molecule has 0 spiro atoms.